The lowest BCUT2D eigenvalue weighted by Crippen LogP contribution is -2.32. The number of amides is 1. The summed E-state index contributed by atoms with van der Waals surface area (Å²) in [5.74, 6) is 0.557. The van der Waals surface area contributed by atoms with E-state index in [1.807, 2.05) is 44.2 Å². The third-order valence-corrected chi connectivity index (χ3v) is 5.61. The molecule has 4 nitrogen and oxygen atoms in total. The second kappa shape index (κ2) is 6.72. The van der Waals surface area contributed by atoms with Crippen LogP contribution in [-0.4, -0.2) is 17.0 Å². The number of aryl methyl sites for hydroxylation is 1. The molecule has 0 unspecified atom stereocenters. The molecule has 1 amide bonds. The summed E-state index contributed by atoms with van der Waals surface area (Å²) >= 11 is 0. The summed E-state index contributed by atoms with van der Waals surface area (Å²) in [5.41, 5.74) is 3.67. The number of carbonyl (C=O) groups excluding carboxylic acids is 1. The molecule has 0 saturated heterocycles. The second-order valence-corrected chi connectivity index (χ2v) is 7.42. The van der Waals surface area contributed by atoms with Crippen LogP contribution in [-0.2, 0) is 12.0 Å². The van der Waals surface area contributed by atoms with Crippen molar-refractivity contribution >= 4 is 5.91 Å². The van der Waals surface area contributed by atoms with Gasteiger partial charge in [0, 0.05) is 23.3 Å². The van der Waals surface area contributed by atoms with Gasteiger partial charge in [0.15, 0.2) is 0 Å². The molecule has 0 radical (unpaired) electrons. The summed E-state index contributed by atoms with van der Waals surface area (Å²) in [6.07, 6.45) is 3.68. The smallest absolute Gasteiger partial charge is 0.253 e. The molecule has 5 heteroatoms. The van der Waals surface area contributed by atoms with Gasteiger partial charge in [0.25, 0.3) is 5.91 Å². The van der Waals surface area contributed by atoms with E-state index in [-0.39, 0.29) is 17.1 Å². The van der Waals surface area contributed by atoms with E-state index in [9.17, 15) is 9.18 Å². The molecule has 1 aliphatic rings. The van der Waals surface area contributed by atoms with Crippen LogP contribution in [0.3, 0.4) is 0 Å². The summed E-state index contributed by atoms with van der Waals surface area (Å²) in [7, 11) is 0. The van der Waals surface area contributed by atoms with Gasteiger partial charge < -0.3 is 14.3 Å². The van der Waals surface area contributed by atoms with Gasteiger partial charge in [-0.05, 0) is 62.6 Å². The van der Waals surface area contributed by atoms with Gasteiger partial charge in [0.05, 0.1) is 18.4 Å². The first-order chi connectivity index (χ1) is 13.0. The van der Waals surface area contributed by atoms with E-state index in [1.165, 1.54) is 12.1 Å². The maximum absolute atomic E-state index is 13.2. The van der Waals surface area contributed by atoms with Gasteiger partial charge in [0.1, 0.15) is 11.6 Å². The number of nitrogens with zero attached hydrogens (tertiary/aromatic N) is 1. The Bertz CT molecular complexity index is 951. The van der Waals surface area contributed by atoms with Crippen molar-refractivity contribution in [3.8, 4) is 0 Å². The SMILES string of the molecule is Cc1cc(C(=O)NCC2(c3ccc(F)cc3)CC2)c(C)n1Cc1ccco1. The van der Waals surface area contributed by atoms with Gasteiger partial charge in [-0.3, -0.25) is 4.79 Å². The molecule has 1 saturated carbocycles. The van der Waals surface area contributed by atoms with Gasteiger partial charge in [-0.25, -0.2) is 4.39 Å². The Labute approximate surface area is 158 Å². The number of halogens is 1. The first-order valence-corrected chi connectivity index (χ1v) is 9.22. The molecule has 0 aliphatic heterocycles. The van der Waals surface area contributed by atoms with Crippen LogP contribution in [0.1, 0.15) is 45.9 Å². The van der Waals surface area contributed by atoms with Crippen LogP contribution in [0.25, 0.3) is 0 Å². The zero-order valence-corrected chi connectivity index (χ0v) is 15.6. The van der Waals surface area contributed by atoms with Gasteiger partial charge in [0.2, 0.25) is 0 Å². The minimum absolute atomic E-state index is 0.0525. The zero-order valence-electron chi connectivity index (χ0n) is 15.6. The molecule has 2 heterocycles. The number of nitrogens with one attached hydrogen (secondary N) is 1. The van der Waals surface area contributed by atoms with Gasteiger partial charge in [-0.1, -0.05) is 12.1 Å². The third-order valence-electron chi connectivity index (χ3n) is 5.61. The molecule has 0 atom stereocenters. The molecule has 1 fully saturated rings. The molecule has 0 bridgehead atoms. The highest BCUT2D eigenvalue weighted by molar-refractivity contribution is 5.95. The summed E-state index contributed by atoms with van der Waals surface area (Å²) < 4.78 is 20.7. The van der Waals surface area contributed by atoms with Crippen molar-refractivity contribution in [3.63, 3.8) is 0 Å². The molecular weight excluding hydrogens is 343 g/mol. The number of benzene rings is 1. The molecule has 2 aromatic heterocycles. The predicted octanol–water partition coefficient (Wildman–Crippen LogP) is 4.35. The van der Waals surface area contributed by atoms with E-state index in [0.29, 0.717) is 18.7 Å². The normalized spacial score (nSPS) is 14.9. The number of hydrogen-bond acceptors (Lipinski definition) is 2. The molecule has 1 aliphatic carbocycles. The van der Waals surface area contributed by atoms with Gasteiger partial charge in [-0.2, -0.15) is 0 Å². The first kappa shape index (κ1) is 17.6. The van der Waals surface area contributed by atoms with Crippen LogP contribution in [0.4, 0.5) is 4.39 Å². The predicted molar refractivity (Wildman–Crippen MR) is 101 cm³/mol. The van der Waals surface area contributed by atoms with Crippen LogP contribution in [0.5, 0.6) is 0 Å². The molecule has 4 rings (SSSR count). The number of hydrogen-bond donors (Lipinski definition) is 1. The molecule has 0 spiro atoms. The lowest BCUT2D eigenvalue weighted by Gasteiger charge is -2.17. The molecule has 1 N–H and O–H groups in total. The quantitative estimate of drug-likeness (QED) is 0.705. The van der Waals surface area contributed by atoms with Crippen molar-refractivity contribution in [1.82, 2.24) is 9.88 Å². The molecule has 27 heavy (non-hydrogen) atoms. The highest BCUT2D eigenvalue weighted by atomic mass is 19.1. The lowest BCUT2D eigenvalue weighted by atomic mass is 9.96. The fraction of sp³-hybridized carbons (Fsp3) is 0.318. The van der Waals surface area contributed by atoms with Crippen LogP contribution < -0.4 is 5.32 Å². The largest absolute Gasteiger partial charge is 0.467 e. The Hall–Kier alpha value is -2.82. The van der Waals surface area contributed by atoms with E-state index in [2.05, 4.69) is 9.88 Å². The van der Waals surface area contributed by atoms with Crippen LogP contribution in [0.15, 0.2) is 53.1 Å². The first-order valence-electron chi connectivity index (χ1n) is 9.22. The molecule has 140 valence electrons. The Morgan fingerprint density at radius 2 is 1.96 bits per heavy atom. The maximum atomic E-state index is 13.2. The van der Waals surface area contributed by atoms with Crippen molar-refractivity contribution in [2.75, 3.05) is 6.54 Å². The van der Waals surface area contributed by atoms with Crippen LogP contribution in [0.2, 0.25) is 0 Å². The van der Waals surface area contributed by atoms with E-state index in [4.69, 9.17) is 4.42 Å². The van der Waals surface area contributed by atoms with Crippen molar-refractivity contribution < 1.29 is 13.6 Å². The topological polar surface area (TPSA) is 47.2 Å². The number of carbonyl (C=O) groups is 1. The van der Waals surface area contributed by atoms with Crippen molar-refractivity contribution in [1.29, 1.82) is 0 Å². The van der Waals surface area contributed by atoms with Crippen molar-refractivity contribution in [2.24, 2.45) is 0 Å². The third kappa shape index (κ3) is 3.42. The van der Waals surface area contributed by atoms with E-state index in [1.54, 1.807) is 6.26 Å². The van der Waals surface area contributed by atoms with Crippen LogP contribution in [0, 0.1) is 19.7 Å². The monoisotopic (exact) mass is 366 g/mol. The van der Waals surface area contributed by atoms with Crippen molar-refractivity contribution in [2.45, 2.75) is 38.6 Å². The maximum Gasteiger partial charge on any atom is 0.253 e. The van der Waals surface area contributed by atoms with E-state index >= 15 is 0 Å². The Kier molecular flexibility index (Phi) is 4.38. The zero-order chi connectivity index (χ0) is 19.0. The summed E-state index contributed by atoms with van der Waals surface area (Å²) in [6.45, 7) is 5.13. The van der Waals surface area contributed by atoms with Crippen LogP contribution >= 0.6 is 0 Å². The summed E-state index contributed by atoms with van der Waals surface area (Å²) in [4.78, 5) is 12.8. The number of furan rings is 1. The highest BCUT2D eigenvalue weighted by Crippen LogP contribution is 2.47. The lowest BCUT2D eigenvalue weighted by molar-refractivity contribution is 0.0949. The Morgan fingerprint density at radius 3 is 2.59 bits per heavy atom. The number of aromatic nitrogens is 1. The minimum Gasteiger partial charge on any atom is -0.467 e. The Morgan fingerprint density at radius 1 is 1.22 bits per heavy atom. The summed E-state index contributed by atoms with van der Waals surface area (Å²) in [6, 6.07) is 12.3. The Balaban J connectivity index is 1.46. The average molecular weight is 366 g/mol. The molecule has 1 aromatic carbocycles. The fourth-order valence-corrected chi connectivity index (χ4v) is 3.70. The fourth-order valence-electron chi connectivity index (χ4n) is 3.70. The standard InChI is InChI=1S/C22H23FN2O2/c1-15-12-20(16(2)25(15)13-19-4-3-11-27-19)21(26)24-14-22(9-10-22)17-5-7-18(23)8-6-17/h3-8,11-12H,9-10,13-14H2,1-2H3,(H,24,26). The highest BCUT2D eigenvalue weighted by Gasteiger charge is 2.44. The van der Waals surface area contributed by atoms with E-state index < -0.39 is 0 Å². The van der Waals surface area contributed by atoms with Gasteiger partial charge in [-0.15, -0.1) is 0 Å². The number of rotatable bonds is 6. The molecule has 3 aromatic rings. The minimum atomic E-state index is -0.234. The van der Waals surface area contributed by atoms with Gasteiger partial charge >= 0.3 is 0 Å². The van der Waals surface area contributed by atoms with Crippen molar-refractivity contribution in [3.05, 3.63) is 82.8 Å². The van der Waals surface area contributed by atoms with E-state index in [0.717, 1.165) is 35.6 Å². The average Bonchev–Trinajstić information content (AvgIpc) is 3.17. The summed E-state index contributed by atoms with van der Waals surface area (Å²) in [5, 5.41) is 3.09. The molecular formula is C22H23FN2O2. The second-order valence-electron chi connectivity index (χ2n) is 7.42.